The normalized spacial score (nSPS) is 11.1. The van der Waals surface area contributed by atoms with Crippen LogP contribution in [-0.2, 0) is 0 Å². The minimum Gasteiger partial charge on any atom is -0.508 e. The van der Waals surface area contributed by atoms with Crippen molar-refractivity contribution in [3.8, 4) is 145 Å². The molecule has 0 aliphatic rings. The minimum atomic E-state index is 0.195. The van der Waals surface area contributed by atoms with Crippen LogP contribution in [-0.4, -0.2) is 20.4 Å². The molecule has 12 aromatic carbocycles. The molecular weight excluding hydrogens is 929 g/mol. The monoisotopic (exact) mass is 978 g/mol. The van der Waals surface area contributed by atoms with E-state index in [2.05, 4.69) is 158 Å². The highest BCUT2D eigenvalue weighted by atomic mass is 16.3. The van der Waals surface area contributed by atoms with Gasteiger partial charge in [0.1, 0.15) is 23.0 Å². The maximum atomic E-state index is 10.6. The van der Waals surface area contributed by atoms with Crippen LogP contribution in [0, 0.1) is 0 Å². The molecule has 0 spiro atoms. The van der Waals surface area contributed by atoms with Crippen molar-refractivity contribution >= 4 is 0 Å². The Morgan fingerprint density at radius 1 is 0.145 bits per heavy atom. The molecule has 0 aliphatic carbocycles. The van der Waals surface area contributed by atoms with Gasteiger partial charge in [-0.3, -0.25) is 0 Å². The zero-order valence-electron chi connectivity index (χ0n) is 41.3. The van der Waals surface area contributed by atoms with Gasteiger partial charge in [-0.1, -0.05) is 218 Å². The van der Waals surface area contributed by atoms with Crippen molar-refractivity contribution in [2.45, 2.75) is 0 Å². The van der Waals surface area contributed by atoms with Crippen LogP contribution in [0.1, 0.15) is 0 Å². The van der Waals surface area contributed by atoms with E-state index in [0.717, 1.165) is 122 Å². The molecule has 0 heterocycles. The van der Waals surface area contributed by atoms with Gasteiger partial charge in [-0.05, 0) is 183 Å². The zero-order chi connectivity index (χ0) is 51.5. The highest BCUT2D eigenvalue weighted by Crippen LogP contribution is 2.53. The van der Waals surface area contributed by atoms with Crippen LogP contribution in [0.3, 0.4) is 0 Å². The largest absolute Gasteiger partial charge is 0.508 e. The van der Waals surface area contributed by atoms with Crippen LogP contribution in [0.25, 0.3) is 122 Å². The summed E-state index contributed by atoms with van der Waals surface area (Å²) in [5, 5.41) is 42.1. The lowest BCUT2D eigenvalue weighted by atomic mass is 9.78. The van der Waals surface area contributed by atoms with Gasteiger partial charge in [0.05, 0.1) is 0 Å². The number of phenolic OH excluding ortho intramolecular Hbond substituents is 4. The Labute approximate surface area is 442 Å². The van der Waals surface area contributed by atoms with E-state index in [1.54, 1.807) is 48.5 Å². The highest BCUT2D eigenvalue weighted by Gasteiger charge is 2.26. The second-order valence-electron chi connectivity index (χ2n) is 19.0. The van der Waals surface area contributed by atoms with E-state index in [0.29, 0.717) is 0 Å². The fraction of sp³-hybridized carbons (Fsp3) is 0. The summed E-state index contributed by atoms with van der Waals surface area (Å²) in [6.07, 6.45) is 0. The summed E-state index contributed by atoms with van der Waals surface area (Å²) in [5.41, 5.74) is 22.7. The van der Waals surface area contributed by atoms with Gasteiger partial charge in [0.15, 0.2) is 0 Å². The maximum Gasteiger partial charge on any atom is 0.115 e. The summed E-state index contributed by atoms with van der Waals surface area (Å²) < 4.78 is 0. The van der Waals surface area contributed by atoms with Crippen LogP contribution in [0.5, 0.6) is 23.0 Å². The van der Waals surface area contributed by atoms with Gasteiger partial charge in [0.2, 0.25) is 0 Å². The van der Waals surface area contributed by atoms with E-state index in [9.17, 15) is 20.4 Å². The Morgan fingerprint density at radius 3 is 0.553 bits per heavy atom. The van der Waals surface area contributed by atoms with Crippen molar-refractivity contribution in [3.63, 3.8) is 0 Å². The Balaban J connectivity index is 1.03. The maximum absolute atomic E-state index is 10.6. The smallest absolute Gasteiger partial charge is 0.115 e. The molecule has 0 saturated carbocycles. The first-order valence-electron chi connectivity index (χ1n) is 25.4. The molecule has 0 radical (unpaired) electrons. The van der Waals surface area contributed by atoms with E-state index >= 15 is 0 Å². The number of rotatable bonds is 11. The number of hydrogen-bond acceptors (Lipinski definition) is 4. The van der Waals surface area contributed by atoms with Gasteiger partial charge in [-0.15, -0.1) is 0 Å². The molecule has 0 bridgehead atoms. The second kappa shape index (κ2) is 20.4. The molecule has 4 nitrogen and oxygen atoms in total. The van der Waals surface area contributed by atoms with Crippen molar-refractivity contribution < 1.29 is 20.4 Å². The molecule has 76 heavy (non-hydrogen) atoms. The summed E-state index contributed by atoms with van der Waals surface area (Å²) in [6, 6.07) is 93.8. The summed E-state index contributed by atoms with van der Waals surface area (Å²) in [5.74, 6) is 0.793. The van der Waals surface area contributed by atoms with Crippen LogP contribution in [0.15, 0.2) is 279 Å². The Kier molecular flexibility index (Phi) is 12.6. The van der Waals surface area contributed by atoms with Crippen LogP contribution in [0.4, 0.5) is 0 Å². The van der Waals surface area contributed by atoms with Gasteiger partial charge < -0.3 is 20.4 Å². The third-order valence-electron chi connectivity index (χ3n) is 14.3. The average molecular weight is 979 g/mol. The van der Waals surface area contributed by atoms with E-state index in [1.165, 1.54) is 0 Å². The molecule has 4 heteroatoms. The van der Waals surface area contributed by atoms with Crippen LogP contribution >= 0.6 is 0 Å². The molecule has 0 atom stereocenters. The first-order valence-corrected chi connectivity index (χ1v) is 25.4. The second-order valence-corrected chi connectivity index (χ2v) is 19.0. The van der Waals surface area contributed by atoms with Crippen molar-refractivity contribution in [1.29, 1.82) is 0 Å². The zero-order valence-corrected chi connectivity index (χ0v) is 41.3. The molecule has 0 unspecified atom stereocenters. The minimum absolute atomic E-state index is 0.195. The van der Waals surface area contributed by atoms with E-state index < -0.39 is 0 Å². The van der Waals surface area contributed by atoms with E-state index in [1.807, 2.05) is 72.8 Å². The molecule has 0 amide bonds. The van der Waals surface area contributed by atoms with Gasteiger partial charge in [-0.25, -0.2) is 0 Å². The Hall–Kier alpha value is -10.2. The first kappa shape index (κ1) is 46.9. The molecule has 12 rings (SSSR count). The molecule has 0 fully saturated rings. The summed E-state index contributed by atoms with van der Waals surface area (Å²) in [4.78, 5) is 0. The van der Waals surface area contributed by atoms with Gasteiger partial charge in [-0.2, -0.15) is 0 Å². The average Bonchev–Trinajstić information content (AvgIpc) is 3.53. The van der Waals surface area contributed by atoms with Gasteiger partial charge in [0, 0.05) is 0 Å². The standard InChI is InChI=1S/C72H50O4/c73-59-37-29-51(30-38-59)65-45-63(69(57-33-41-61(75)42-34-57)71(55-17-9-3-10-18-55)67(65)53-13-5-1-6-14-53)49-25-21-47(22-26-49)48-23-27-50(28-24-48)64-46-66(52-31-39-60(74)40-32-52)68(54-15-7-2-8-16-54)72(56-19-11-4-12-20-56)70(64)58-35-43-62(76)44-36-58/h1-46,73-76H. The quantitative estimate of drug-likeness (QED) is 0.104. The topological polar surface area (TPSA) is 80.9 Å². The molecule has 4 N–H and O–H groups in total. The summed E-state index contributed by atoms with van der Waals surface area (Å²) in [6.45, 7) is 0. The third-order valence-corrected chi connectivity index (χ3v) is 14.3. The molecule has 0 aliphatic heterocycles. The van der Waals surface area contributed by atoms with E-state index in [-0.39, 0.29) is 23.0 Å². The number of phenols is 4. The third kappa shape index (κ3) is 9.17. The number of hydrogen-bond donors (Lipinski definition) is 4. The van der Waals surface area contributed by atoms with Gasteiger partial charge in [0.25, 0.3) is 0 Å². The molecule has 0 saturated heterocycles. The van der Waals surface area contributed by atoms with Crippen molar-refractivity contribution in [2.24, 2.45) is 0 Å². The van der Waals surface area contributed by atoms with Crippen molar-refractivity contribution in [3.05, 3.63) is 279 Å². The lowest BCUT2D eigenvalue weighted by molar-refractivity contribution is 0.475. The van der Waals surface area contributed by atoms with Crippen molar-refractivity contribution in [2.75, 3.05) is 0 Å². The predicted octanol–water partition coefficient (Wildman–Crippen LogP) is 18.8. The molecule has 0 aromatic heterocycles. The Morgan fingerprint density at radius 2 is 0.316 bits per heavy atom. The summed E-state index contributed by atoms with van der Waals surface area (Å²) >= 11 is 0. The fourth-order valence-corrected chi connectivity index (χ4v) is 10.7. The molecule has 12 aromatic rings. The Bertz CT molecular complexity index is 3700. The molecule has 362 valence electrons. The van der Waals surface area contributed by atoms with Gasteiger partial charge >= 0.3 is 0 Å². The predicted molar refractivity (Wildman–Crippen MR) is 313 cm³/mol. The SMILES string of the molecule is Oc1ccc(-c2cc(-c3ccc(-c4ccc(-c5cc(-c6ccc(O)cc6)c(-c6ccccc6)c(-c6ccccc6)c5-c5ccc(O)cc5)cc4)cc3)c(-c3ccc(O)cc3)c(-c3ccccc3)c2-c2ccccc2)cc1. The lowest BCUT2D eigenvalue weighted by Crippen LogP contribution is -1.98. The number of aromatic hydroxyl groups is 4. The van der Waals surface area contributed by atoms with Crippen LogP contribution < -0.4 is 0 Å². The summed E-state index contributed by atoms with van der Waals surface area (Å²) in [7, 11) is 0. The fourth-order valence-electron chi connectivity index (χ4n) is 10.7. The highest BCUT2D eigenvalue weighted by molar-refractivity contribution is 6.09. The lowest BCUT2D eigenvalue weighted by Gasteiger charge is -2.25. The first-order chi connectivity index (χ1) is 37.3. The van der Waals surface area contributed by atoms with Crippen molar-refractivity contribution in [1.82, 2.24) is 0 Å². The molecular formula is C72H50O4. The number of benzene rings is 12. The van der Waals surface area contributed by atoms with Crippen LogP contribution in [0.2, 0.25) is 0 Å². The van der Waals surface area contributed by atoms with E-state index in [4.69, 9.17) is 0 Å².